The molecule has 0 aromatic carbocycles. The number of aromatic amines is 1. The number of nitrogens with one attached hydrogen (secondary N) is 3. The Hall–Kier alpha value is -1.99. The summed E-state index contributed by atoms with van der Waals surface area (Å²) in [6, 6.07) is 1.72. The summed E-state index contributed by atoms with van der Waals surface area (Å²) in [4.78, 5) is 23.4. The van der Waals surface area contributed by atoms with E-state index in [1.165, 1.54) is 6.33 Å². The molecule has 20 heavy (non-hydrogen) atoms. The summed E-state index contributed by atoms with van der Waals surface area (Å²) in [5.74, 6) is -0.210. The van der Waals surface area contributed by atoms with Crippen LogP contribution in [0.15, 0.2) is 18.6 Å². The molecule has 1 aliphatic rings. The molecule has 0 radical (unpaired) electrons. The summed E-state index contributed by atoms with van der Waals surface area (Å²) in [6.07, 6.45) is 3.11. The van der Waals surface area contributed by atoms with Gasteiger partial charge in [0.1, 0.15) is 17.7 Å². The lowest BCUT2D eigenvalue weighted by Gasteiger charge is -2.29. The lowest BCUT2D eigenvalue weighted by atomic mass is 10.1. The molecule has 2 aromatic rings. The molecule has 1 saturated heterocycles. The van der Waals surface area contributed by atoms with Crippen molar-refractivity contribution in [2.45, 2.75) is 19.1 Å². The Morgan fingerprint density at radius 3 is 3.25 bits per heavy atom. The van der Waals surface area contributed by atoms with Gasteiger partial charge in [-0.25, -0.2) is 9.97 Å². The number of hydrogen-bond donors (Lipinski definition) is 3. The zero-order valence-corrected chi connectivity index (χ0v) is 11.2. The van der Waals surface area contributed by atoms with Crippen molar-refractivity contribution in [3.63, 3.8) is 0 Å². The summed E-state index contributed by atoms with van der Waals surface area (Å²) in [5.41, 5.74) is 1.04. The minimum absolute atomic E-state index is 0.0174. The van der Waals surface area contributed by atoms with Crippen LogP contribution in [0.4, 0.5) is 0 Å². The second-order valence-electron chi connectivity index (χ2n) is 4.84. The highest BCUT2D eigenvalue weighted by Crippen LogP contribution is 2.13. The fourth-order valence-corrected chi connectivity index (χ4v) is 2.33. The van der Waals surface area contributed by atoms with Crippen LogP contribution in [0.2, 0.25) is 0 Å². The first-order valence-electron chi connectivity index (χ1n) is 6.67. The quantitative estimate of drug-likeness (QED) is 0.737. The third kappa shape index (κ3) is 2.50. The van der Waals surface area contributed by atoms with E-state index in [9.17, 15) is 4.79 Å². The van der Waals surface area contributed by atoms with Crippen LogP contribution >= 0.6 is 0 Å². The lowest BCUT2D eigenvalue weighted by molar-refractivity contribution is 0.00857. The lowest BCUT2D eigenvalue weighted by Crippen LogP contribution is -2.50. The highest BCUT2D eigenvalue weighted by atomic mass is 16.5. The van der Waals surface area contributed by atoms with Crippen LogP contribution in [-0.4, -0.2) is 52.7 Å². The largest absolute Gasteiger partial charge is 0.373 e. The summed E-state index contributed by atoms with van der Waals surface area (Å²) < 4.78 is 5.63. The minimum atomic E-state index is -0.210. The SMILES string of the molecule is CC(NC(=O)c1ncnc2[nH]ccc12)C1CNCCO1. The zero-order valence-electron chi connectivity index (χ0n) is 11.2. The molecule has 0 bridgehead atoms. The Kier molecular flexibility index (Phi) is 3.62. The summed E-state index contributed by atoms with van der Waals surface area (Å²) in [6.45, 7) is 4.20. The Bertz CT molecular complexity index is 606. The normalized spacial score (nSPS) is 20.8. The number of carbonyl (C=O) groups is 1. The first-order chi connectivity index (χ1) is 9.75. The van der Waals surface area contributed by atoms with Gasteiger partial charge in [-0.3, -0.25) is 4.79 Å². The standard InChI is InChI=1S/C13H17N5O2/c1-8(10-6-14-4-5-20-10)18-13(19)11-9-2-3-15-12(9)17-7-16-11/h2-3,7-8,10,14H,4-6H2,1H3,(H,18,19)(H,15,16,17). The van der Waals surface area contributed by atoms with Gasteiger partial charge >= 0.3 is 0 Å². The Balaban J connectivity index is 1.74. The van der Waals surface area contributed by atoms with Gasteiger partial charge in [-0.15, -0.1) is 0 Å². The van der Waals surface area contributed by atoms with E-state index in [1.54, 1.807) is 12.3 Å². The fourth-order valence-electron chi connectivity index (χ4n) is 2.33. The molecule has 0 saturated carbocycles. The maximum atomic E-state index is 12.3. The molecule has 7 nitrogen and oxygen atoms in total. The van der Waals surface area contributed by atoms with Crippen LogP contribution in [0.5, 0.6) is 0 Å². The number of carbonyl (C=O) groups excluding carboxylic acids is 1. The van der Waals surface area contributed by atoms with E-state index in [0.29, 0.717) is 17.9 Å². The van der Waals surface area contributed by atoms with Crippen molar-refractivity contribution < 1.29 is 9.53 Å². The molecular weight excluding hydrogens is 258 g/mol. The van der Waals surface area contributed by atoms with Crippen molar-refractivity contribution >= 4 is 16.9 Å². The van der Waals surface area contributed by atoms with E-state index in [2.05, 4.69) is 25.6 Å². The number of morpholine rings is 1. The molecule has 3 rings (SSSR count). The molecule has 1 amide bonds. The van der Waals surface area contributed by atoms with Crippen LogP contribution < -0.4 is 10.6 Å². The first kappa shape index (κ1) is 13.0. The van der Waals surface area contributed by atoms with Gasteiger partial charge in [-0.1, -0.05) is 0 Å². The molecule has 2 atom stereocenters. The summed E-state index contributed by atoms with van der Waals surface area (Å²) in [7, 11) is 0. The number of hydrogen-bond acceptors (Lipinski definition) is 5. The highest BCUT2D eigenvalue weighted by molar-refractivity contribution is 6.03. The van der Waals surface area contributed by atoms with Crippen molar-refractivity contribution in [2.24, 2.45) is 0 Å². The fraction of sp³-hybridized carbons (Fsp3) is 0.462. The average molecular weight is 275 g/mol. The van der Waals surface area contributed by atoms with Gasteiger partial charge in [0, 0.05) is 19.3 Å². The molecule has 0 spiro atoms. The molecule has 1 aliphatic heterocycles. The minimum Gasteiger partial charge on any atom is -0.373 e. The third-order valence-corrected chi connectivity index (χ3v) is 3.44. The number of aromatic nitrogens is 3. The van der Waals surface area contributed by atoms with Crippen molar-refractivity contribution in [2.75, 3.05) is 19.7 Å². The molecule has 106 valence electrons. The molecule has 0 aliphatic carbocycles. The van der Waals surface area contributed by atoms with Crippen LogP contribution in [0.1, 0.15) is 17.4 Å². The average Bonchev–Trinajstić information content (AvgIpc) is 2.96. The molecule has 3 heterocycles. The van der Waals surface area contributed by atoms with Crippen molar-refractivity contribution in [3.8, 4) is 0 Å². The van der Waals surface area contributed by atoms with Gasteiger partial charge < -0.3 is 20.4 Å². The van der Waals surface area contributed by atoms with E-state index in [-0.39, 0.29) is 18.1 Å². The van der Waals surface area contributed by atoms with Crippen LogP contribution in [0.25, 0.3) is 11.0 Å². The topological polar surface area (TPSA) is 91.9 Å². The van der Waals surface area contributed by atoms with Gasteiger partial charge in [0.25, 0.3) is 5.91 Å². The second kappa shape index (κ2) is 5.56. The maximum Gasteiger partial charge on any atom is 0.271 e. The first-order valence-corrected chi connectivity index (χ1v) is 6.67. The van der Waals surface area contributed by atoms with Gasteiger partial charge in [0.15, 0.2) is 0 Å². The monoisotopic (exact) mass is 275 g/mol. The Morgan fingerprint density at radius 1 is 1.55 bits per heavy atom. The van der Waals surface area contributed by atoms with Crippen molar-refractivity contribution in [1.29, 1.82) is 0 Å². The Morgan fingerprint density at radius 2 is 2.45 bits per heavy atom. The zero-order chi connectivity index (χ0) is 13.9. The number of H-pyrrole nitrogens is 1. The Labute approximate surface area is 116 Å². The van der Waals surface area contributed by atoms with Gasteiger partial charge in [0.05, 0.1) is 24.1 Å². The number of rotatable bonds is 3. The van der Waals surface area contributed by atoms with Crippen molar-refractivity contribution in [1.82, 2.24) is 25.6 Å². The van der Waals surface area contributed by atoms with Gasteiger partial charge in [-0.2, -0.15) is 0 Å². The third-order valence-electron chi connectivity index (χ3n) is 3.44. The van der Waals surface area contributed by atoms with E-state index >= 15 is 0 Å². The maximum absolute atomic E-state index is 12.3. The number of ether oxygens (including phenoxy) is 1. The molecule has 3 N–H and O–H groups in total. The molecule has 2 unspecified atom stereocenters. The van der Waals surface area contributed by atoms with E-state index in [1.807, 2.05) is 6.92 Å². The van der Waals surface area contributed by atoms with Crippen molar-refractivity contribution in [3.05, 3.63) is 24.3 Å². The smallest absolute Gasteiger partial charge is 0.271 e. The highest BCUT2D eigenvalue weighted by Gasteiger charge is 2.23. The molecule has 1 fully saturated rings. The number of nitrogens with zero attached hydrogens (tertiary/aromatic N) is 2. The van der Waals surface area contributed by atoms with Crippen LogP contribution in [0.3, 0.4) is 0 Å². The van der Waals surface area contributed by atoms with E-state index < -0.39 is 0 Å². The van der Waals surface area contributed by atoms with E-state index in [4.69, 9.17) is 4.74 Å². The summed E-state index contributed by atoms with van der Waals surface area (Å²) in [5, 5.41) is 6.91. The second-order valence-corrected chi connectivity index (χ2v) is 4.84. The molecular formula is C13H17N5O2. The van der Waals surface area contributed by atoms with Crippen LogP contribution in [-0.2, 0) is 4.74 Å². The van der Waals surface area contributed by atoms with E-state index in [0.717, 1.165) is 18.5 Å². The predicted molar refractivity (Wildman–Crippen MR) is 73.4 cm³/mol. The van der Waals surface area contributed by atoms with Gasteiger partial charge in [0.2, 0.25) is 0 Å². The molecule has 7 heteroatoms. The number of fused-ring (bicyclic) bond motifs is 1. The molecule has 2 aromatic heterocycles. The number of amides is 1. The van der Waals surface area contributed by atoms with Gasteiger partial charge in [-0.05, 0) is 13.0 Å². The predicted octanol–water partition coefficient (Wildman–Crippen LogP) is 0.0646. The van der Waals surface area contributed by atoms with Crippen LogP contribution in [0, 0.1) is 0 Å². The summed E-state index contributed by atoms with van der Waals surface area (Å²) >= 11 is 0.